The average molecular weight is 272 g/mol. The summed E-state index contributed by atoms with van der Waals surface area (Å²) in [4.78, 5) is 0. The Morgan fingerprint density at radius 1 is 0.850 bits per heavy atom. The average Bonchev–Trinajstić information content (AvgIpc) is 2.84. The van der Waals surface area contributed by atoms with Gasteiger partial charge in [-0.15, -0.1) is 0 Å². The van der Waals surface area contributed by atoms with E-state index in [1.54, 1.807) is 38.5 Å². The molecule has 112 valence electrons. The molecule has 0 aromatic rings. The third kappa shape index (κ3) is 1.23. The molecule has 0 aromatic carbocycles. The molecule has 5 rings (SSSR count). The first-order valence-corrected chi connectivity index (χ1v) is 9.54. The van der Waals surface area contributed by atoms with Gasteiger partial charge in [0.1, 0.15) is 0 Å². The summed E-state index contributed by atoms with van der Waals surface area (Å²) in [5.41, 5.74) is 1.57. The third-order valence-electron chi connectivity index (χ3n) is 9.48. The van der Waals surface area contributed by atoms with E-state index in [9.17, 15) is 0 Å². The van der Waals surface area contributed by atoms with Gasteiger partial charge in [0, 0.05) is 0 Å². The molecule has 0 nitrogen and oxygen atoms in total. The lowest BCUT2D eigenvalue weighted by atomic mass is 9.55. The van der Waals surface area contributed by atoms with Crippen LogP contribution in [0, 0.1) is 52.3 Å². The molecule has 0 heteroatoms. The van der Waals surface area contributed by atoms with Crippen LogP contribution >= 0.6 is 0 Å². The molecular formula is C20H32. The molecule has 9 unspecified atom stereocenters. The monoisotopic (exact) mass is 272 g/mol. The Hall–Kier alpha value is 0. The predicted octanol–water partition coefficient (Wildman–Crippen LogP) is 5.52. The molecule has 5 aliphatic rings. The van der Waals surface area contributed by atoms with Crippen LogP contribution in [0.4, 0.5) is 0 Å². The van der Waals surface area contributed by atoms with E-state index < -0.39 is 0 Å². The van der Waals surface area contributed by atoms with Gasteiger partial charge in [0.05, 0.1) is 0 Å². The molecule has 9 atom stereocenters. The Morgan fingerprint density at radius 2 is 1.70 bits per heavy atom. The second-order valence-electron chi connectivity index (χ2n) is 9.99. The Morgan fingerprint density at radius 3 is 2.55 bits per heavy atom. The van der Waals surface area contributed by atoms with Crippen molar-refractivity contribution in [1.82, 2.24) is 0 Å². The number of hydrogen-bond acceptors (Lipinski definition) is 0. The highest BCUT2D eigenvalue weighted by Crippen LogP contribution is 2.79. The molecule has 0 amide bonds. The van der Waals surface area contributed by atoms with Crippen molar-refractivity contribution in [3.63, 3.8) is 0 Å². The summed E-state index contributed by atoms with van der Waals surface area (Å²) < 4.78 is 0. The van der Waals surface area contributed by atoms with E-state index in [0.29, 0.717) is 0 Å². The fourth-order valence-corrected chi connectivity index (χ4v) is 8.88. The van der Waals surface area contributed by atoms with Gasteiger partial charge >= 0.3 is 0 Å². The summed E-state index contributed by atoms with van der Waals surface area (Å²) in [5.74, 6) is 7.56. The molecule has 0 heterocycles. The lowest BCUT2D eigenvalue weighted by molar-refractivity contribution is -0.00405. The summed E-state index contributed by atoms with van der Waals surface area (Å²) in [6, 6.07) is 0. The van der Waals surface area contributed by atoms with Crippen molar-refractivity contribution in [2.45, 2.75) is 72.1 Å². The number of hydrogen-bond donors (Lipinski definition) is 0. The summed E-state index contributed by atoms with van der Waals surface area (Å²) in [6.07, 6.45) is 12.7. The van der Waals surface area contributed by atoms with E-state index in [-0.39, 0.29) is 0 Å². The number of fused-ring (bicyclic) bond motifs is 7. The molecule has 5 saturated carbocycles. The highest BCUT2D eigenvalue weighted by atomic mass is 14.8. The largest absolute Gasteiger partial charge is 0.0622 e. The molecular weight excluding hydrogens is 240 g/mol. The van der Waals surface area contributed by atoms with Crippen molar-refractivity contribution >= 4 is 0 Å². The molecule has 0 N–H and O–H groups in total. The fraction of sp³-hybridized carbons (Fsp3) is 1.00. The SMILES string of the molecule is CC1CCCC2CC3CC1C1C(C)CC4CC31CC24C. The zero-order valence-electron chi connectivity index (χ0n) is 13.7. The minimum atomic E-state index is 0.745. The van der Waals surface area contributed by atoms with Gasteiger partial charge in [-0.2, -0.15) is 0 Å². The van der Waals surface area contributed by atoms with Crippen LogP contribution in [0.15, 0.2) is 0 Å². The molecule has 0 saturated heterocycles. The van der Waals surface area contributed by atoms with Crippen LogP contribution in [0.25, 0.3) is 0 Å². The van der Waals surface area contributed by atoms with Crippen LogP contribution in [0.1, 0.15) is 72.1 Å². The maximum absolute atomic E-state index is 2.72. The Balaban J connectivity index is 1.70. The topological polar surface area (TPSA) is 0 Å². The van der Waals surface area contributed by atoms with Crippen molar-refractivity contribution in [2.24, 2.45) is 52.3 Å². The molecule has 20 heavy (non-hydrogen) atoms. The summed E-state index contributed by atoms with van der Waals surface area (Å²) in [5, 5.41) is 0. The Kier molecular flexibility index (Phi) is 2.30. The van der Waals surface area contributed by atoms with Gasteiger partial charge in [0.15, 0.2) is 0 Å². The van der Waals surface area contributed by atoms with Crippen molar-refractivity contribution in [2.75, 3.05) is 0 Å². The molecule has 1 spiro atoms. The summed E-state index contributed by atoms with van der Waals surface area (Å²) in [7, 11) is 0. The zero-order valence-corrected chi connectivity index (χ0v) is 13.7. The van der Waals surface area contributed by atoms with Crippen molar-refractivity contribution in [1.29, 1.82) is 0 Å². The summed E-state index contributed by atoms with van der Waals surface area (Å²) in [6.45, 7) is 7.97. The maximum Gasteiger partial charge on any atom is -0.0227 e. The number of rotatable bonds is 0. The van der Waals surface area contributed by atoms with Crippen LogP contribution in [-0.4, -0.2) is 0 Å². The quantitative estimate of drug-likeness (QED) is 0.544. The van der Waals surface area contributed by atoms with Gasteiger partial charge in [0.2, 0.25) is 0 Å². The zero-order chi connectivity index (χ0) is 13.7. The van der Waals surface area contributed by atoms with E-state index in [1.165, 1.54) is 12.8 Å². The van der Waals surface area contributed by atoms with Crippen LogP contribution in [0.2, 0.25) is 0 Å². The standard InChI is InChI=1S/C20H32/c1-12-5-4-6-14-8-15-9-17(12)18-13(2)7-16-10-20(15,18)11-19(14,16)3/h12-18H,4-11H2,1-3H3. The first-order valence-electron chi connectivity index (χ1n) is 9.54. The second kappa shape index (κ2) is 3.66. The molecule has 5 fully saturated rings. The lowest BCUT2D eigenvalue weighted by Gasteiger charge is -2.49. The van der Waals surface area contributed by atoms with E-state index >= 15 is 0 Å². The molecule has 0 aliphatic heterocycles. The van der Waals surface area contributed by atoms with Crippen LogP contribution < -0.4 is 0 Å². The Labute approximate surface area is 125 Å². The van der Waals surface area contributed by atoms with E-state index in [4.69, 9.17) is 0 Å². The highest BCUT2D eigenvalue weighted by Gasteiger charge is 2.71. The first-order chi connectivity index (χ1) is 9.54. The fourth-order valence-electron chi connectivity index (χ4n) is 8.88. The second-order valence-corrected chi connectivity index (χ2v) is 9.99. The van der Waals surface area contributed by atoms with Gasteiger partial charge in [-0.3, -0.25) is 0 Å². The molecule has 6 bridgehead atoms. The smallest absolute Gasteiger partial charge is 0.0227 e. The van der Waals surface area contributed by atoms with E-state index in [0.717, 1.165) is 52.3 Å². The lowest BCUT2D eigenvalue weighted by Crippen LogP contribution is -2.42. The minimum Gasteiger partial charge on any atom is -0.0622 e. The van der Waals surface area contributed by atoms with Gasteiger partial charge < -0.3 is 0 Å². The maximum atomic E-state index is 2.72. The highest BCUT2D eigenvalue weighted by molar-refractivity contribution is 5.20. The van der Waals surface area contributed by atoms with Gasteiger partial charge in [-0.05, 0) is 90.8 Å². The van der Waals surface area contributed by atoms with Crippen LogP contribution in [0.5, 0.6) is 0 Å². The van der Waals surface area contributed by atoms with Gasteiger partial charge in [-0.25, -0.2) is 0 Å². The van der Waals surface area contributed by atoms with E-state index in [2.05, 4.69) is 20.8 Å². The normalized spacial score (nSPS) is 67.0. The van der Waals surface area contributed by atoms with E-state index in [1.807, 2.05) is 0 Å². The molecule has 5 aliphatic carbocycles. The molecule has 0 radical (unpaired) electrons. The predicted molar refractivity (Wildman–Crippen MR) is 83.3 cm³/mol. The van der Waals surface area contributed by atoms with Crippen LogP contribution in [0.3, 0.4) is 0 Å². The van der Waals surface area contributed by atoms with Gasteiger partial charge in [0.25, 0.3) is 0 Å². The molecule has 0 aromatic heterocycles. The first kappa shape index (κ1) is 12.5. The Bertz CT molecular complexity index is 439. The van der Waals surface area contributed by atoms with Crippen molar-refractivity contribution in [3.8, 4) is 0 Å². The van der Waals surface area contributed by atoms with Crippen molar-refractivity contribution in [3.05, 3.63) is 0 Å². The third-order valence-corrected chi connectivity index (χ3v) is 9.48. The van der Waals surface area contributed by atoms with Crippen molar-refractivity contribution < 1.29 is 0 Å². The summed E-state index contributed by atoms with van der Waals surface area (Å²) >= 11 is 0. The minimum absolute atomic E-state index is 0.745. The van der Waals surface area contributed by atoms with Crippen LogP contribution in [-0.2, 0) is 0 Å². The van der Waals surface area contributed by atoms with Gasteiger partial charge in [-0.1, -0.05) is 33.6 Å².